The van der Waals surface area contributed by atoms with Crippen LogP contribution < -0.4 is 10.5 Å². The van der Waals surface area contributed by atoms with E-state index in [-0.39, 0.29) is 49.4 Å². The van der Waals surface area contributed by atoms with Crippen molar-refractivity contribution in [3.05, 3.63) is 47.9 Å². The number of pyridine rings is 1. The number of nitrogens with two attached hydrogens (primary N) is 1. The van der Waals surface area contributed by atoms with Crippen LogP contribution in [-0.2, 0) is 4.79 Å². The predicted molar refractivity (Wildman–Crippen MR) is 141 cm³/mol. The zero-order chi connectivity index (χ0) is 29.4. The molecule has 5 rings (SSSR count). The molecule has 41 heavy (non-hydrogen) atoms. The molecule has 0 unspecified atom stereocenters. The lowest BCUT2D eigenvalue weighted by Crippen LogP contribution is -2.53. The third-order valence-electron chi connectivity index (χ3n) is 8.74. The second-order valence-electron chi connectivity index (χ2n) is 11.5. The van der Waals surface area contributed by atoms with Crippen LogP contribution in [0.5, 0.6) is 5.88 Å². The van der Waals surface area contributed by atoms with Crippen LogP contribution in [0.2, 0.25) is 0 Å². The Labute approximate surface area is 235 Å². The fourth-order valence-electron chi connectivity index (χ4n) is 6.06. The van der Waals surface area contributed by atoms with Gasteiger partial charge in [0.25, 0.3) is 5.91 Å². The lowest BCUT2D eigenvalue weighted by molar-refractivity contribution is -0.256. The van der Waals surface area contributed by atoms with Gasteiger partial charge in [0.05, 0.1) is 18.1 Å². The Morgan fingerprint density at radius 3 is 2.44 bits per heavy atom. The minimum Gasteiger partial charge on any atom is -0.477 e. The first-order valence-corrected chi connectivity index (χ1v) is 13.9. The number of carbonyl (C=O) groups is 2. The molecule has 2 aromatic rings. The van der Waals surface area contributed by atoms with Crippen molar-refractivity contribution in [1.82, 2.24) is 14.8 Å². The maximum absolute atomic E-state index is 15.0. The summed E-state index contributed by atoms with van der Waals surface area (Å²) in [5.41, 5.74) is 4.54. The van der Waals surface area contributed by atoms with Gasteiger partial charge < -0.3 is 25.4 Å². The summed E-state index contributed by atoms with van der Waals surface area (Å²) in [4.78, 5) is 31.9. The summed E-state index contributed by atoms with van der Waals surface area (Å²) in [6.07, 6.45) is -0.949. The number of β-amino-alcohol motifs (C(OH)–C–C–N with tert-alkyl or cyclic N) is 1. The van der Waals surface area contributed by atoms with Crippen molar-refractivity contribution >= 4 is 11.8 Å². The molecule has 2 aliphatic heterocycles. The number of alkyl halides is 3. The first-order valence-electron chi connectivity index (χ1n) is 13.9. The molecule has 3 aliphatic rings. The number of aromatic nitrogens is 1. The van der Waals surface area contributed by atoms with E-state index in [1.165, 1.54) is 18.3 Å². The molecule has 0 spiro atoms. The van der Waals surface area contributed by atoms with Crippen molar-refractivity contribution in [3.8, 4) is 17.0 Å². The fraction of sp³-hybridized carbons (Fsp3) is 0.552. The zero-order valence-electron chi connectivity index (χ0n) is 22.6. The summed E-state index contributed by atoms with van der Waals surface area (Å²) in [5.74, 6) is -1.40. The van der Waals surface area contributed by atoms with Gasteiger partial charge in [0.15, 0.2) is 0 Å². The van der Waals surface area contributed by atoms with Gasteiger partial charge in [-0.1, -0.05) is 12.5 Å². The summed E-state index contributed by atoms with van der Waals surface area (Å²) in [6.45, 7) is 1.63. The topological polar surface area (TPSA) is 109 Å². The number of amides is 2. The maximum atomic E-state index is 15.0. The average molecular weight is 579 g/mol. The monoisotopic (exact) mass is 578 g/mol. The van der Waals surface area contributed by atoms with Crippen LogP contribution in [0.25, 0.3) is 11.1 Å². The molecule has 3 N–H and O–H groups in total. The smallest absolute Gasteiger partial charge is 0.395 e. The number of aliphatic hydroxyl groups is 1. The van der Waals surface area contributed by atoms with E-state index in [0.717, 1.165) is 23.8 Å². The van der Waals surface area contributed by atoms with Gasteiger partial charge in [-0.25, -0.2) is 9.37 Å². The number of benzene rings is 1. The van der Waals surface area contributed by atoms with Gasteiger partial charge in [-0.3, -0.25) is 9.59 Å². The lowest BCUT2D eigenvalue weighted by atomic mass is 9.67. The summed E-state index contributed by atoms with van der Waals surface area (Å²) in [6, 6.07) is 6.31. The molecule has 3 fully saturated rings. The number of rotatable bonds is 8. The van der Waals surface area contributed by atoms with Crippen LogP contribution in [0.15, 0.2) is 36.5 Å². The Kier molecular flexibility index (Phi) is 8.24. The second kappa shape index (κ2) is 11.6. The largest absolute Gasteiger partial charge is 0.477 e. The Morgan fingerprint density at radius 1 is 1.15 bits per heavy atom. The SMILES string of the molecule is NC(=O)[C@@H]1C[C@@H](O)CN1C(=O)c1ccc(-c2ccc(OCC3CCN(CC4(C(F)(F)F)CCC4)CC3)nc2)c(F)c1. The third-order valence-corrected chi connectivity index (χ3v) is 8.74. The lowest BCUT2D eigenvalue weighted by Gasteiger charge is -2.47. The summed E-state index contributed by atoms with van der Waals surface area (Å²) >= 11 is 0. The van der Waals surface area contributed by atoms with E-state index in [1.54, 1.807) is 12.1 Å². The molecule has 2 saturated heterocycles. The standard InChI is InChI=1S/C29H34F4N4O4/c30-23-12-19(27(40)37-15-21(38)13-24(37)26(34)39)2-4-22(23)20-3-5-25(35-14-20)41-16-18-6-10-36(11-7-18)17-28(8-1-9-28)29(31,32)33/h2-5,12,14,18,21,24,38H,1,6-11,13,15-17H2,(H2,34,39)/t21-,24+/m1/s1. The molecular formula is C29H34F4N4O4. The highest BCUT2D eigenvalue weighted by molar-refractivity contribution is 5.98. The molecule has 1 saturated carbocycles. The van der Waals surface area contributed by atoms with E-state index in [1.807, 2.05) is 4.90 Å². The van der Waals surface area contributed by atoms with Gasteiger partial charge in [0, 0.05) is 48.5 Å². The Balaban J connectivity index is 1.13. The van der Waals surface area contributed by atoms with Gasteiger partial charge in [-0.05, 0) is 62.9 Å². The molecule has 0 bridgehead atoms. The number of hydrogen-bond acceptors (Lipinski definition) is 6. The highest BCUT2D eigenvalue weighted by atomic mass is 19.4. The number of hydrogen-bond donors (Lipinski definition) is 2. The highest BCUT2D eigenvalue weighted by Crippen LogP contribution is 2.53. The number of likely N-dealkylation sites (tertiary alicyclic amines) is 2. The number of aliphatic hydroxyl groups excluding tert-OH is 1. The quantitative estimate of drug-likeness (QED) is 0.462. The predicted octanol–water partition coefficient (Wildman–Crippen LogP) is 3.77. The first-order chi connectivity index (χ1) is 19.5. The average Bonchev–Trinajstić information content (AvgIpc) is 3.31. The van der Waals surface area contributed by atoms with Crippen LogP contribution in [0.1, 0.15) is 48.9 Å². The van der Waals surface area contributed by atoms with Crippen molar-refractivity contribution in [3.63, 3.8) is 0 Å². The van der Waals surface area contributed by atoms with Gasteiger partial charge in [-0.15, -0.1) is 0 Å². The minimum absolute atomic E-state index is 0.0341. The Hall–Kier alpha value is -3.25. The third kappa shape index (κ3) is 6.18. The Morgan fingerprint density at radius 2 is 1.88 bits per heavy atom. The molecule has 12 heteroatoms. The molecule has 3 heterocycles. The van der Waals surface area contributed by atoms with Crippen LogP contribution in [-0.4, -0.2) is 82.8 Å². The van der Waals surface area contributed by atoms with Crippen LogP contribution in [0.4, 0.5) is 17.6 Å². The molecule has 1 aromatic heterocycles. The van der Waals surface area contributed by atoms with Crippen molar-refractivity contribution < 1.29 is 37.0 Å². The van der Waals surface area contributed by atoms with Crippen LogP contribution >= 0.6 is 0 Å². The van der Waals surface area contributed by atoms with Crippen molar-refractivity contribution in [1.29, 1.82) is 0 Å². The molecule has 0 radical (unpaired) electrons. The number of piperidine rings is 1. The van der Waals surface area contributed by atoms with Crippen molar-refractivity contribution in [2.75, 3.05) is 32.8 Å². The number of ether oxygens (including phenoxy) is 1. The van der Waals surface area contributed by atoms with Gasteiger partial charge in [0.2, 0.25) is 11.8 Å². The number of primary amides is 1. The van der Waals surface area contributed by atoms with Crippen LogP contribution in [0.3, 0.4) is 0 Å². The van der Waals surface area contributed by atoms with E-state index in [4.69, 9.17) is 10.5 Å². The van der Waals surface area contributed by atoms with E-state index in [2.05, 4.69) is 4.98 Å². The van der Waals surface area contributed by atoms with E-state index in [9.17, 15) is 32.3 Å². The fourth-order valence-corrected chi connectivity index (χ4v) is 6.06. The minimum atomic E-state index is -4.15. The molecule has 1 aliphatic carbocycles. The Bertz CT molecular complexity index is 1260. The van der Waals surface area contributed by atoms with Gasteiger partial charge in [-0.2, -0.15) is 13.2 Å². The summed E-state index contributed by atoms with van der Waals surface area (Å²) < 4.78 is 61.3. The first kappa shape index (κ1) is 29.2. The summed E-state index contributed by atoms with van der Waals surface area (Å²) in [7, 11) is 0. The number of halogens is 4. The molecule has 8 nitrogen and oxygen atoms in total. The number of nitrogens with zero attached hydrogens (tertiary/aromatic N) is 3. The molecular weight excluding hydrogens is 544 g/mol. The van der Waals surface area contributed by atoms with Crippen LogP contribution in [0, 0.1) is 17.2 Å². The molecule has 2 atom stereocenters. The second-order valence-corrected chi connectivity index (χ2v) is 11.5. The summed E-state index contributed by atoms with van der Waals surface area (Å²) in [5, 5.41) is 9.85. The molecule has 222 valence electrons. The molecule has 1 aromatic carbocycles. The maximum Gasteiger partial charge on any atom is 0.395 e. The van der Waals surface area contributed by atoms with Crippen molar-refractivity contribution in [2.45, 2.75) is 56.8 Å². The van der Waals surface area contributed by atoms with Gasteiger partial charge >= 0.3 is 6.18 Å². The van der Waals surface area contributed by atoms with E-state index >= 15 is 0 Å². The number of carbonyl (C=O) groups excluding carboxylic acids is 2. The molecule has 2 amide bonds. The van der Waals surface area contributed by atoms with Crippen molar-refractivity contribution in [2.24, 2.45) is 17.1 Å². The zero-order valence-corrected chi connectivity index (χ0v) is 22.6. The van der Waals surface area contributed by atoms with Gasteiger partial charge in [0.1, 0.15) is 11.9 Å². The normalized spacial score (nSPS) is 23.3. The van der Waals surface area contributed by atoms with E-state index in [0.29, 0.717) is 37.6 Å². The van der Waals surface area contributed by atoms with E-state index < -0.39 is 41.4 Å². The highest BCUT2D eigenvalue weighted by Gasteiger charge is 2.58.